The van der Waals surface area contributed by atoms with Crippen LogP contribution in [0.2, 0.25) is 0 Å². The summed E-state index contributed by atoms with van der Waals surface area (Å²) in [5.74, 6) is 0.652. The first-order valence-corrected chi connectivity index (χ1v) is 11.2. The lowest BCUT2D eigenvalue weighted by atomic mass is 10.1. The molecule has 4 rings (SSSR count). The zero-order valence-corrected chi connectivity index (χ0v) is 20.2. The monoisotopic (exact) mass is 487 g/mol. The van der Waals surface area contributed by atoms with Crippen LogP contribution in [0.25, 0.3) is 11.8 Å². The van der Waals surface area contributed by atoms with Crippen molar-refractivity contribution in [1.82, 2.24) is 9.88 Å². The van der Waals surface area contributed by atoms with Gasteiger partial charge in [0.15, 0.2) is 18.1 Å². The number of methoxy groups -OCH3 is 1. The minimum Gasteiger partial charge on any atom is -0.497 e. The van der Waals surface area contributed by atoms with Crippen molar-refractivity contribution in [3.8, 4) is 29.0 Å². The average molecular weight is 488 g/mol. The SMILES string of the molecule is COc1ccc(-n2c(C)cc(/C=C(\C#N)C(=O)OCC(=O)NCc3ccc4c(c3)OCO4)c2C)cc1. The van der Waals surface area contributed by atoms with Gasteiger partial charge in [-0.1, -0.05) is 6.07 Å². The molecule has 2 heterocycles. The number of nitrogens with zero attached hydrogens (tertiary/aromatic N) is 2. The van der Waals surface area contributed by atoms with Gasteiger partial charge in [-0.25, -0.2) is 4.79 Å². The van der Waals surface area contributed by atoms with Crippen molar-refractivity contribution in [3.63, 3.8) is 0 Å². The molecule has 184 valence electrons. The number of amides is 1. The summed E-state index contributed by atoms with van der Waals surface area (Å²) in [6.45, 7) is 3.72. The molecule has 0 radical (unpaired) electrons. The van der Waals surface area contributed by atoms with E-state index < -0.39 is 18.5 Å². The summed E-state index contributed by atoms with van der Waals surface area (Å²) in [7, 11) is 1.61. The minimum absolute atomic E-state index is 0.168. The molecule has 0 atom stereocenters. The molecule has 0 unspecified atom stereocenters. The van der Waals surface area contributed by atoms with Gasteiger partial charge in [-0.15, -0.1) is 0 Å². The Balaban J connectivity index is 1.37. The summed E-state index contributed by atoms with van der Waals surface area (Å²) in [6.07, 6.45) is 1.47. The van der Waals surface area contributed by atoms with Gasteiger partial charge in [-0.3, -0.25) is 4.79 Å². The van der Waals surface area contributed by atoms with Crippen LogP contribution in [0, 0.1) is 25.2 Å². The zero-order chi connectivity index (χ0) is 25.7. The van der Waals surface area contributed by atoms with E-state index in [9.17, 15) is 14.9 Å². The molecule has 9 nitrogen and oxygen atoms in total. The van der Waals surface area contributed by atoms with Crippen molar-refractivity contribution in [2.45, 2.75) is 20.4 Å². The van der Waals surface area contributed by atoms with Crippen molar-refractivity contribution in [1.29, 1.82) is 5.26 Å². The molecular weight excluding hydrogens is 462 g/mol. The number of esters is 1. The third-order valence-corrected chi connectivity index (χ3v) is 5.70. The molecule has 1 aliphatic heterocycles. The van der Waals surface area contributed by atoms with Gasteiger partial charge in [0.2, 0.25) is 6.79 Å². The number of carbonyl (C=O) groups is 2. The van der Waals surface area contributed by atoms with Crippen LogP contribution >= 0.6 is 0 Å². The molecule has 0 aliphatic carbocycles. The molecule has 0 fully saturated rings. The predicted molar refractivity (Wildman–Crippen MR) is 131 cm³/mol. The first-order valence-electron chi connectivity index (χ1n) is 11.2. The Kier molecular flexibility index (Phi) is 7.25. The lowest BCUT2D eigenvalue weighted by molar-refractivity contribution is -0.144. The number of ether oxygens (including phenoxy) is 4. The van der Waals surface area contributed by atoms with Crippen LogP contribution in [0.4, 0.5) is 0 Å². The number of nitrogens with one attached hydrogen (secondary N) is 1. The summed E-state index contributed by atoms with van der Waals surface area (Å²) in [5, 5.41) is 12.2. The lowest BCUT2D eigenvalue weighted by Crippen LogP contribution is -2.28. The molecule has 0 saturated carbocycles. The second-order valence-electron chi connectivity index (χ2n) is 8.07. The van der Waals surface area contributed by atoms with Crippen LogP contribution in [0.15, 0.2) is 54.1 Å². The number of hydrogen-bond acceptors (Lipinski definition) is 7. The maximum absolute atomic E-state index is 12.5. The second kappa shape index (κ2) is 10.7. The van der Waals surface area contributed by atoms with Gasteiger partial charge < -0.3 is 28.8 Å². The van der Waals surface area contributed by atoms with Crippen LogP contribution < -0.4 is 19.5 Å². The first kappa shape index (κ1) is 24.4. The fraction of sp³-hybridized carbons (Fsp3) is 0.222. The van der Waals surface area contributed by atoms with E-state index in [-0.39, 0.29) is 18.9 Å². The molecule has 36 heavy (non-hydrogen) atoms. The molecule has 0 spiro atoms. The van der Waals surface area contributed by atoms with Crippen LogP contribution in [0.1, 0.15) is 22.5 Å². The maximum atomic E-state index is 12.5. The molecule has 2 aromatic carbocycles. The van der Waals surface area contributed by atoms with Gasteiger partial charge in [-0.05, 0) is 73.5 Å². The molecule has 9 heteroatoms. The van der Waals surface area contributed by atoms with Gasteiger partial charge in [0.1, 0.15) is 17.4 Å². The Morgan fingerprint density at radius 2 is 1.86 bits per heavy atom. The number of fused-ring (bicyclic) bond motifs is 1. The molecular formula is C27H25N3O6. The number of aromatic nitrogens is 1. The van der Waals surface area contributed by atoms with E-state index in [1.54, 1.807) is 25.3 Å². The number of rotatable bonds is 8. The highest BCUT2D eigenvalue weighted by Gasteiger charge is 2.17. The van der Waals surface area contributed by atoms with Gasteiger partial charge in [0, 0.05) is 23.6 Å². The number of carbonyl (C=O) groups excluding carboxylic acids is 2. The second-order valence-corrected chi connectivity index (χ2v) is 8.07. The summed E-state index contributed by atoms with van der Waals surface area (Å²) in [6, 6.07) is 16.7. The van der Waals surface area contributed by atoms with Crippen LogP contribution in [0.3, 0.4) is 0 Å². The molecule has 1 aromatic heterocycles. The van der Waals surface area contributed by atoms with E-state index >= 15 is 0 Å². The number of benzene rings is 2. The summed E-state index contributed by atoms with van der Waals surface area (Å²) >= 11 is 0. The summed E-state index contributed by atoms with van der Waals surface area (Å²) < 4.78 is 22.9. The standard InChI is InChI=1S/C27H25N3O6/c1-17-10-20(18(2)30(17)22-5-7-23(33-3)8-6-22)12-21(13-28)27(32)34-15-26(31)29-14-19-4-9-24-25(11-19)36-16-35-24/h4-12H,14-16H2,1-3H3,(H,29,31)/b21-12+. The van der Waals surface area contributed by atoms with Crippen LogP contribution in [-0.2, 0) is 20.9 Å². The molecule has 3 aromatic rings. The number of aryl methyl sites for hydroxylation is 1. The smallest absolute Gasteiger partial charge is 0.349 e. The van der Waals surface area contributed by atoms with Crippen LogP contribution in [0.5, 0.6) is 17.2 Å². The van der Waals surface area contributed by atoms with E-state index in [1.807, 2.05) is 54.8 Å². The fourth-order valence-corrected chi connectivity index (χ4v) is 3.87. The Morgan fingerprint density at radius 3 is 2.58 bits per heavy atom. The predicted octanol–water partition coefficient (Wildman–Crippen LogP) is 3.60. The lowest BCUT2D eigenvalue weighted by Gasteiger charge is -2.10. The van der Waals surface area contributed by atoms with Crippen LogP contribution in [-0.4, -0.2) is 37.0 Å². The third kappa shape index (κ3) is 5.33. The fourth-order valence-electron chi connectivity index (χ4n) is 3.87. The van der Waals surface area contributed by atoms with Crippen molar-refractivity contribution in [3.05, 3.63) is 76.6 Å². The quantitative estimate of drug-likeness (QED) is 0.294. The van der Waals surface area contributed by atoms with Crippen molar-refractivity contribution in [2.24, 2.45) is 0 Å². The summed E-state index contributed by atoms with van der Waals surface area (Å²) in [4.78, 5) is 24.7. The van der Waals surface area contributed by atoms with Gasteiger partial charge in [0.25, 0.3) is 5.91 Å². The van der Waals surface area contributed by atoms with Gasteiger partial charge in [-0.2, -0.15) is 5.26 Å². The Labute approximate surface area is 208 Å². The largest absolute Gasteiger partial charge is 0.497 e. The third-order valence-electron chi connectivity index (χ3n) is 5.70. The highest BCUT2D eigenvalue weighted by molar-refractivity contribution is 5.99. The topological polar surface area (TPSA) is 112 Å². The van der Waals surface area contributed by atoms with Gasteiger partial charge >= 0.3 is 5.97 Å². The van der Waals surface area contributed by atoms with E-state index in [2.05, 4.69) is 5.32 Å². The van der Waals surface area contributed by atoms with E-state index in [1.165, 1.54) is 6.08 Å². The first-order chi connectivity index (χ1) is 17.4. The Bertz CT molecular complexity index is 1370. The Hall–Kier alpha value is -4.71. The highest BCUT2D eigenvalue weighted by Crippen LogP contribution is 2.32. The molecule has 1 N–H and O–H groups in total. The number of nitriles is 1. The normalized spacial score (nSPS) is 12.1. The Morgan fingerprint density at radius 1 is 1.11 bits per heavy atom. The zero-order valence-electron chi connectivity index (χ0n) is 20.2. The average Bonchev–Trinajstić information content (AvgIpc) is 3.47. The number of hydrogen-bond donors (Lipinski definition) is 1. The van der Waals surface area contributed by atoms with E-state index in [0.717, 1.165) is 28.4 Å². The molecule has 0 saturated heterocycles. The van der Waals surface area contributed by atoms with Crippen molar-refractivity contribution in [2.75, 3.05) is 20.5 Å². The molecule has 1 amide bonds. The molecule has 0 bridgehead atoms. The van der Waals surface area contributed by atoms with E-state index in [0.29, 0.717) is 17.1 Å². The molecule has 1 aliphatic rings. The van der Waals surface area contributed by atoms with Crippen molar-refractivity contribution < 1.29 is 28.5 Å². The highest BCUT2D eigenvalue weighted by atomic mass is 16.7. The summed E-state index contributed by atoms with van der Waals surface area (Å²) in [5.41, 5.74) is 4.00. The van der Waals surface area contributed by atoms with Crippen molar-refractivity contribution >= 4 is 18.0 Å². The minimum atomic E-state index is -0.870. The maximum Gasteiger partial charge on any atom is 0.349 e. The van der Waals surface area contributed by atoms with E-state index in [4.69, 9.17) is 18.9 Å². The van der Waals surface area contributed by atoms with Gasteiger partial charge in [0.05, 0.1) is 7.11 Å².